The van der Waals surface area contributed by atoms with Crippen molar-refractivity contribution in [3.05, 3.63) is 29.6 Å². The fraction of sp³-hybridized carbons (Fsp3) is 0.455. The van der Waals surface area contributed by atoms with E-state index in [9.17, 15) is 12.8 Å². The molecule has 0 aromatic heterocycles. The number of hydrogen-bond acceptors (Lipinski definition) is 3. The lowest BCUT2D eigenvalue weighted by atomic mass is 10.2. The molecule has 1 rings (SSSR count). The minimum atomic E-state index is -3.44. The van der Waals surface area contributed by atoms with E-state index in [0.717, 1.165) is 0 Å². The Morgan fingerprint density at radius 2 is 2.06 bits per heavy atom. The summed E-state index contributed by atoms with van der Waals surface area (Å²) in [6.45, 7) is 3.55. The van der Waals surface area contributed by atoms with E-state index < -0.39 is 15.3 Å². The van der Waals surface area contributed by atoms with Crippen molar-refractivity contribution >= 4 is 15.7 Å². The van der Waals surface area contributed by atoms with Crippen LogP contribution in [0, 0.1) is 12.7 Å². The number of rotatable bonds is 5. The zero-order chi connectivity index (χ0) is 13.1. The van der Waals surface area contributed by atoms with Gasteiger partial charge in [0.2, 0.25) is 10.0 Å². The molecule has 96 valence electrons. The number of halogens is 1. The predicted molar refractivity (Wildman–Crippen MR) is 67.1 cm³/mol. The molecule has 1 aromatic carbocycles. The maximum atomic E-state index is 13.0. The molecule has 0 amide bonds. The second kappa shape index (κ2) is 5.46. The van der Waals surface area contributed by atoms with Gasteiger partial charge in [0.1, 0.15) is 5.82 Å². The topological polar surface area (TPSA) is 58.2 Å². The van der Waals surface area contributed by atoms with Crippen molar-refractivity contribution in [3.8, 4) is 0 Å². The largest absolute Gasteiger partial charge is 0.318 e. The first-order chi connectivity index (χ1) is 7.86. The average molecular weight is 260 g/mol. The highest BCUT2D eigenvalue weighted by Gasteiger charge is 2.19. The minimum Gasteiger partial charge on any atom is -0.318 e. The van der Waals surface area contributed by atoms with E-state index in [1.54, 1.807) is 20.9 Å². The molecule has 4 nitrogen and oxygen atoms in total. The van der Waals surface area contributed by atoms with Gasteiger partial charge >= 0.3 is 0 Å². The highest BCUT2D eigenvalue weighted by atomic mass is 32.2. The number of hydrogen-bond donors (Lipinski definition) is 2. The van der Waals surface area contributed by atoms with Crippen molar-refractivity contribution in [1.29, 1.82) is 0 Å². The Bertz CT molecular complexity index is 488. The zero-order valence-corrected chi connectivity index (χ0v) is 10.9. The monoisotopic (exact) mass is 260 g/mol. The third-order valence-electron chi connectivity index (χ3n) is 2.44. The van der Waals surface area contributed by atoms with Crippen molar-refractivity contribution < 1.29 is 12.8 Å². The number of benzene rings is 1. The summed E-state index contributed by atoms with van der Waals surface area (Å²) in [6.07, 6.45) is 0. The fourth-order valence-electron chi connectivity index (χ4n) is 1.37. The first-order valence-corrected chi connectivity index (χ1v) is 6.84. The van der Waals surface area contributed by atoms with Gasteiger partial charge in [-0.3, -0.25) is 4.72 Å². The van der Waals surface area contributed by atoms with Crippen molar-refractivity contribution in [2.75, 3.05) is 18.3 Å². The normalized spacial score (nSPS) is 13.4. The maximum Gasteiger partial charge on any atom is 0.236 e. The van der Waals surface area contributed by atoms with Crippen LogP contribution in [0.4, 0.5) is 10.1 Å². The van der Waals surface area contributed by atoms with Crippen LogP contribution in [0.3, 0.4) is 0 Å². The third-order valence-corrected chi connectivity index (χ3v) is 4.19. The summed E-state index contributed by atoms with van der Waals surface area (Å²) in [5, 5.41) is 2.24. The molecular formula is C11H17FN2O2S. The summed E-state index contributed by atoms with van der Waals surface area (Å²) in [7, 11) is -1.75. The number of sulfonamides is 1. The molecule has 0 bridgehead atoms. The molecule has 0 radical (unpaired) electrons. The van der Waals surface area contributed by atoms with Crippen LogP contribution in [-0.4, -0.2) is 27.3 Å². The lowest BCUT2D eigenvalue weighted by Crippen LogP contribution is -2.33. The third kappa shape index (κ3) is 3.67. The number of anilines is 1. The van der Waals surface area contributed by atoms with Gasteiger partial charge in [0.05, 0.1) is 5.25 Å². The molecule has 2 N–H and O–H groups in total. The first kappa shape index (κ1) is 13.9. The van der Waals surface area contributed by atoms with Crippen LogP contribution in [-0.2, 0) is 10.0 Å². The SMILES string of the molecule is CNCC(C)S(=O)(=O)Nc1ccc(F)c(C)c1. The predicted octanol–water partition coefficient (Wildman–Crippen LogP) is 1.48. The van der Waals surface area contributed by atoms with Crippen LogP contribution in [0.2, 0.25) is 0 Å². The lowest BCUT2D eigenvalue weighted by molar-refractivity contribution is 0.583. The maximum absolute atomic E-state index is 13.0. The molecule has 17 heavy (non-hydrogen) atoms. The van der Waals surface area contributed by atoms with Crippen LogP contribution in [0.1, 0.15) is 12.5 Å². The molecule has 0 fully saturated rings. The summed E-state index contributed by atoms with van der Waals surface area (Å²) in [5.41, 5.74) is 0.790. The van der Waals surface area contributed by atoms with Crippen LogP contribution in [0.25, 0.3) is 0 Å². The molecule has 0 spiro atoms. The van der Waals surface area contributed by atoms with Gasteiger partial charge in [-0.05, 0) is 44.7 Å². The van der Waals surface area contributed by atoms with Gasteiger partial charge < -0.3 is 5.32 Å². The molecule has 1 unspecified atom stereocenters. The van der Waals surface area contributed by atoms with E-state index in [0.29, 0.717) is 17.8 Å². The van der Waals surface area contributed by atoms with Crippen LogP contribution in [0.5, 0.6) is 0 Å². The Morgan fingerprint density at radius 1 is 1.41 bits per heavy atom. The zero-order valence-electron chi connectivity index (χ0n) is 10.1. The van der Waals surface area contributed by atoms with Crippen molar-refractivity contribution in [2.24, 2.45) is 0 Å². The van der Waals surface area contributed by atoms with Crippen molar-refractivity contribution in [1.82, 2.24) is 5.32 Å². The highest BCUT2D eigenvalue weighted by molar-refractivity contribution is 7.93. The second-order valence-electron chi connectivity index (χ2n) is 3.98. The Labute approximate surface area is 101 Å². The van der Waals surface area contributed by atoms with Crippen LogP contribution < -0.4 is 10.0 Å². The molecule has 1 aromatic rings. The van der Waals surface area contributed by atoms with Crippen LogP contribution >= 0.6 is 0 Å². The summed E-state index contributed by atoms with van der Waals surface area (Å²) in [5.74, 6) is -0.351. The Morgan fingerprint density at radius 3 is 2.59 bits per heavy atom. The number of aryl methyl sites for hydroxylation is 1. The number of nitrogens with one attached hydrogen (secondary N) is 2. The molecule has 6 heteroatoms. The molecule has 1 atom stereocenters. The fourth-order valence-corrected chi connectivity index (χ4v) is 2.41. The van der Waals surface area contributed by atoms with Crippen molar-refractivity contribution in [3.63, 3.8) is 0 Å². The van der Waals surface area contributed by atoms with E-state index in [-0.39, 0.29) is 5.82 Å². The van der Waals surface area contributed by atoms with Crippen LogP contribution in [0.15, 0.2) is 18.2 Å². The summed E-state index contributed by atoms with van der Waals surface area (Å²) in [6, 6.07) is 4.13. The Hall–Kier alpha value is -1.14. The molecular weight excluding hydrogens is 243 g/mol. The van der Waals surface area contributed by atoms with Gasteiger partial charge in [-0.25, -0.2) is 12.8 Å². The minimum absolute atomic E-state index is 0.351. The lowest BCUT2D eigenvalue weighted by Gasteiger charge is -2.14. The average Bonchev–Trinajstić information content (AvgIpc) is 2.23. The van der Waals surface area contributed by atoms with Gasteiger partial charge in [0.25, 0.3) is 0 Å². The second-order valence-corrected chi connectivity index (χ2v) is 6.08. The van der Waals surface area contributed by atoms with Gasteiger partial charge in [-0.2, -0.15) is 0 Å². The first-order valence-electron chi connectivity index (χ1n) is 5.29. The highest BCUT2D eigenvalue weighted by Crippen LogP contribution is 2.16. The summed E-state index contributed by atoms with van der Waals surface area (Å²) < 4.78 is 39.1. The molecule has 0 saturated carbocycles. The van der Waals surface area contributed by atoms with E-state index >= 15 is 0 Å². The Kier molecular flexibility index (Phi) is 4.47. The molecule has 0 aliphatic heterocycles. The standard InChI is InChI=1S/C11H17FN2O2S/c1-8-6-10(4-5-11(8)12)14-17(15,16)9(2)7-13-3/h4-6,9,13-14H,7H2,1-3H3. The molecule has 0 heterocycles. The quantitative estimate of drug-likeness (QED) is 0.843. The van der Waals surface area contributed by atoms with Crippen molar-refractivity contribution in [2.45, 2.75) is 19.1 Å². The molecule has 0 saturated heterocycles. The smallest absolute Gasteiger partial charge is 0.236 e. The van der Waals surface area contributed by atoms with Gasteiger partial charge in [-0.15, -0.1) is 0 Å². The van der Waals surface area contributed by atoms with Gasteiger partial charge in [0, 0.05) is 12.2 Å². The summed E-state index contributed by atoms with van der Waals surface area (Å²) in [4.78, 5) is 0. The van der Waals surface area contributed by atoms with Gasteiger partial charge in [0.15, 0.2) is 0 Å². The summed E-state index contributed by atoms with van der Waals surface area (Å²) >= 11 is 0. The Balaban J connectivity index is 2.86. The molecule has 0 aliphatic rings. The van der Waals surface area contributed by atoms with E-state index in [1.807, 2.05) is 0 Å². The van der Waals surface area contributed by atoms with E-state index in [1.165, 1.54) is 18.2 Å². The van der Waals surface area contributed by atoms with E-state index in [2.05, 4.69) is 10.0 Å². The molecule has 0 aliphatic carbocycles. The van der Waals surface area contributed by atoms with E-state index in [4.69, 9.17) is 0 Å². The van der Waals surface area contributed by atoms with Gasteiger partial charge in [-0.1, -0.05) is 0 Å².